The topological polar surface area (TPSA) is 115 Å². The van der Waals surface area contributed by atoms with Gasteiger partial charge in [-0.25, -0.2) is 4.79 Å². The van der Waals surface area contributed by atoms with Crippen molar-refractivity contribution in [3.8, 4) is 6.07 Å². The molecule has 1 heterocycles. The Bertz CT molecular complexity index is 1120. The van der Waals surface area contributed by atoms with Crippen LogP contribution >= 0.6 is 11.3 Å². The van der Waals surface area contributed by atoms with Crippen molar-refractivity contribution in [3.05, 3.63) is 72.1 Å². The van der Waals surface area contributed by atoms with E-state index in [0.29, 0.717) is 5.56 Å². The molecule has 2 aromatic rings. The molecule has 0 aliphatic rings. The Morgan fingerprint density at radius 3 is 2.85 bits per heavy atom. The maximum atomic E-state index is 12.6. The summed E-state index contributed by atoms with van der Waals surface area (Å²) in [4.78, 5) is 35.1. The van der Waals surface area contributed by atoms with Gasteiger partial charge >= 0.3 is 5.97 Å². The molecule has 0 radical (unpaired) electrons. The Morgan fingerprint density at radius 1 is 1.52 bits per heavy atom. The van der Waals surface area contributed by atoms with Crippen molar-refractivity contribution < 1.29 is 14.5 Å². The van der Waals surface area contributed by atoms with Crippen LogP contribution in [0, 0.1) is 21.4 Å². The van der Waals surface area contributed by atoms with Gasteiger partial charge in [-0.1, -0.05) is 24.8 Å². The second kappa shape index (κ2) is 8.73. The van der Waals surface area contributed by atoms with Gasteiger partial charge in [0.2, 0.25) is 0 Å². The molecule has 2 rings (SSSR count). The molecule has 0 aliphatic carbocycles. The van der Waals surface area contributed by atoms with Crippen LogP contribution in [0.3, 0.4) is 0 Å². The SMILES string of the molecule is C=CCOC(=O)/C(C#N)=c1\s/c(=C\c2cccc([N+](=O)[O-])c2)c(=O)n1CC. The highest BCUT2D eigenvalue weighted by Crippen LogP contribution is 2.13. The lowest BCUT2D eigenvalue weighted by Crippen LogP contribution is -2.32. The van der Waals surface area contributed by atoms with Gasteiger partial charge in [-0.05, 0) is 18.6 Å². The number of thiazole rings is 1. The smallest absolute Gasteiger partial charge is 0.352 e. The molecule has 0 atom stereocenters. The van der Waals surface area contributed by atoms with Crippen LogP contribution in [0.2, 0.25) is 0 Å². The number of carbonyl (C=O) groups excluding carboxylic acids is 1. The Hall–Kier alpha value is -3.51. The summed E-state index contributed by atoms with van der Waals surface area (Å²) in [5.74, 6) is -0.845. The fourth-order valence-electron chi connectivity index (χ4n) is 2.26. The van der Waals surface area contributed by atoms with E-state index in [2.05, 4.69) is 6.58 Å². The van der Waals surface area contributed by atoms with Crippen LogP contribution < -0.4 is 14.8 Å². The van der Waals surface area contributed by atoms with E-state index in [4.69, 9.17) is 4.74 Å². The summed E-state index contributed by atoms with van der Waals surface area (Å²) < 4.78 is 6.61. The second-order valence-corrected chi connectivity index (χ2v) is 6.22. The van der Waals surface area contributed by atoms with Crippen LogP contribution in [-0.4, -0.2) is 22.1 Å². The van der Waals surface area contributed by atoms with Gasteiger partial charge < -0.3 is 4.74 Å². The molecule has 0 saturated carbocycles. The third-order valence-corrected chi connectivity index (χ3v) is 4.60. The molecule has 1 aromatic heterocycles. The zero-order valence-corrected chi connectivity index (χ0v) is 15.2. The average molecular weight is 385 g/mol. The summed E-state index contributed by atoms with van der Waals surface area (Å²) in [6, 6.07) is 7.60. The average Bonchev–Trinajstić information content (AvgIpc) is 2.96. The number of nitriles is 1. The number of non-ortho nitro benzene ring substituents is 1. The van der Waals surface area contributed by atoms with E-state index in [0.717, 1.165) is 11.3 Å². The van der Waals surface area contributed by atoms with Crippen LogP contribution in [0.5, 0.6) is 0 Å². The van der Waals surface area contributed by atoms with Crippen LogP contribution in [-0.2, 0) is 16.1 Å². The van der Waals surface area contributed by atoms with Crippen molar-refractivity contribution in [3.63, 3.8) is 0 Å². The molecule has 0 spiro atoms. The standard InChI is InChI=1S/C18H15N3O5S/c1-3-8-26-18(23)14(11-19)17-20(4-2)16(22)15(27-17)10-12-6-5-7-13(9-12)21(24)25/h3,5-7,9-10H,1,4,8H2,2H3/b15-10-,17-14-. The molecular formula is C18H15N3O5S. The minimum Gasteiger partial charge on any atom is -0.457 e. The Labute approximate surface area is 157 Å². The zero-order valence-electron chi connectivity index (χ0n) is 14.4. The van der Waals surface area contributed by atoms with Crippen molar-refractivity contribution in [1.29, 1.82) is 5.26 Å². The first-order valence-corrected chi connectivity index (χ1v) is 8.62. The van der Waals surface area contributed by atoms with Gasteiger partial charge in [-0.2, -0.15) is 5.26 Å². The molecule has 0 aliphatic heterocycles. The number of rotatable bonds is 6. The van der Waals surface area contributed by atoms with Crippen molar-refractivity contribution in [2.24, 2.45) is 0 Å². The molecule has 27 heavy (non-hydrogen) atoms. The molecule has 0 N–H and O–H groups in total. The largest absolute Gasteiger partial charge is 0.457 e. The summed E-state index contributed by atoms with van der Waals surface area (Å²) in [6.45, 7) is 5.33. The van der Waals surface area contributed by atoms with Gasteiger partial charge in [-0.3, -0.25) is 19.5 Å². The number of benzene rings is 1. The van der Waals surface area contributed by atoms with Gasteiger partial charge in [0.1, 0.15) is 17.3 Å². The highest BCUT2D eigenvalue weighted by atomic mass is 32.1. The molecule has 9 heteroatoms. The first-order valence-electron chi connectivity index (χ1n) is 7.81. The van der Waals surface area contributed by atoms with Crippen molar-refractivity contribution in [2.45, 2.75) is 13.5 Å². The van der Waals surface area contributed by atoms with E-state index in [-0.39, 0.29) is 33.6 Å². The summed E-state index contributed by atoms with van der Waals surface area (Å²) in [5, 5.41) is 20.2. The van der Waals surface area contributed by atoms with Crippen molar-refractivity contribution >= 4 is 34.6 Å². The van der Waals surface area contributed by atoms with E-state index >= 15 is 0 Å². The van der Waals surface area contributed by atoms with Gasteiger partial charge in [0.05, 0.1) is 9.46 Å². The number of nitro groups is 1. The van der Waals surface area contributed by atoms with Crippen molar-refractivity contribution in [1.82, 2.24) is 4.57 Å². The fourth-order valence-corrected chi connectivity index (χ4v) is 3.41. The highest BCUT2D eigenvalue weighted by molar-refractivity contribution is 7.07. The number of ether oxygens (including phenoxy) is 1. The number of hydrogen-bond donors (Lipinski definition) is 0. The van der Waals surface area contributed by atoms with Gasteiger partial charge in [0, 0.05) is 18.7 Å². The Morgan fingerprint density at radius 2 is 2.26 bits per heavy atom. The summed E-state index contributed by atoms with van der Waals surface area (Å²) in [7, 11) is 0. The lowest BCUT2D eigenvalue weighted by molar-refractivity contribution is -0.384. The molecule has 0 amide bonds. The van der Waals surface area contributed by atoms with Crippen molar-refractivity contribution in [2.75, 3.05) is 6.61 Å². The number of carbonyl (C=O) groups is 1. The second-order valence-electron chi connectivity index (χ2n) is 5.19. The van der Waals surface area contributed by atoms with E-state index in [1.807, 2.05) is 0 Å². The van der Waals surface area contributed by atoms with Crippen LogP contribution in [0.4, 0.5) is 5.69 Å². The number of hydrogen-bond acceptors (Lipinski definition) is 7. The maximum absolute atomic E-state index is 12.6. The van der Waals surface area contributed by atoms with E-state index in [1.165, 1.54) is 34.9 Å². The lowest BCUT2D eigenvalue weighted by atomic mass is 10.2. The minimum atomic E-state index is -0.845. The van der Waals surface area contributed by atoms with E-state index < -0.39 is 16.5 Å². The maximum Gasteiger partial charge on any atom is 0.352 e. The third-order valence-electron chi connectivity index (χ3n) is 3.46. The summed E-state index contributed by atoms with van der Waals surface area (Å²) >= 11 is 0.953. The van der Waals surface area contributed by atoms with Gasteiger partial charge in [0.15, 0.2) is 5.57 Å². The van der Waals surface area contributed by atoms with E-state index in [1.54, 1.807) is 19.1 Å². The number of nitrogens with zero attached hydrogens (tertiary/aromatic N) is 3. The molecule has 0 fully saturated rings. The number of esters is 1. The van der Waals surface area contributed by atoms with Crippen LogP contribution in [0.15, 0.2) is 41.7 Å². The number of aromatic nitrogens is 1. The normalized spacial score (nSPS) is 12.2. The lowest BCUT2D eigenvalue weighted by Gasteiger charge is -2.00. The molecule has 0 bridgehead atoms. The first-order chi connectivity index (χ1) is 12.9. The molecule has 0 unspecified atom stereocenters. The molecule has 1 aromatic carbocycles. The molecule has 8 nitrogen and oxygen atoms in total. The third kappa shape index (κ3) is 4.37. The summed E-state index contributed by atoms with van der Waals surface area (Å²) in [5.41, 5.74) is -0.313. The van der Waals surface area contributed by atoms with E-state index in [9.17, 15) is 25.0 Å². The van der Waals surface area contributed by atoms with Crippen LogP contribution in [0.25, 0.3) is 11.6 Å². The zero-order chi connectivity index (χ0) is 20.0. The molecule has 0 saturated heterocycles. The monoisotopic (exact) mass is 385 g/mol. The molecular weight excluding hydrogens is 370 g/mol. The Balaban J connectivity index is 2.71. The summed E-state index contributed by atoms with van der Waals surface area (Å²) in [6.07, 6.45) is 2.86. The first kappa shape index (κ1) is 19.8. The van der Waals surface area contributed by atoms with Crippen LogP contribution in [0.1, 0.15) is 12.5 Å². The highest BCUT2D eigenvalue weighted by Gasteiger charge is 2.16. The Kier molecular flexibility index (Phi) is 6.41. The van der Waals surface area contributed by atoms with Gasteiger partial charge in [-0.15, -0.1) is 11.3 Å². The number of nitro benzene ring substituents is 1. The quantitative estimate of drug-likeness (QED) is 0.318. The molecule has 138 valence electrons. The predicted octanol–water partition coefficient (Wildman–Crippen LogP) is 1.07. The van der Waals surface area contributed by atoms with Gasteiger partial charge in [0.25, 0.3) is 11.2 Å². The fraction of sp³-hybridized carbons (Fsp3) is 0.167. The predicted molar refractivity (Wildman–Crippen MR) is 100 cm³/mol. The minimum absolute atomic E-state index is 0.0571.